The second kappa shape index (κ2) is 6.37. The predicted octanol–water partition coefficient (Wildman–Crippen LogP) is 3.18. The van der Waals surface area contributed by atoms with Crippen LogP contribution < -0.4 is 5.56 Å². The Hall–Kier alpha value is -2.01. The standard InChI is InChI=1S/C20H25N3O2/c1-3-22-14-7-6-8-15(22)12-16(11-14)23-18-10-5-4-9-17(18)21-19(13(2)24)20(23)25/h4-5,9-10,14-16H,3,6-8,11-12H2,1-2H3. The van der Waals surface area contributed by atoms with Crippen LogP contribution in [0.1, 0.15) is 62.5 Å². The van der Waals surface area contributed by atoms with Gasteiger partial charge in [0.15, 0.2) is 11.5 Å². The molecule has 2 aliphatic rings. The summed E-state index contributed by atoms with van der Waals surface area (Å²) in [5.74, 6) is -0.254. The lowest BCUT2D eigenvalue weighted by atomic mass is 9.81. The number of hydrogen-bond donors (Lipinski definition) is 0. The van der Waals surface area contributed by atoms with Gasteiger partial charge in [0.05, 0.1) is 11.0 Å². The third kappa shape index (κ3) is 2.71. The summed E-state index contributed by atoms with van der Waals surface area (Å²) in [6.07, 6.45) is 5.66. The first-order chi connectivity index (χ1) is 12.1. The van der Waals surface area contributed by atoms with Crippen LogP contribution in [-0.2, 0) is 0 Å². The van der Waals surface area contributed by atoms with Crippen LogP contribution in [0.3, 0.4) is 0 Å². The molecular formula is C20H25N3O2. The number of aromatic nitrogens is 2. The molecule has 0 spiro atoms. The van der Waals surface area contributed by atoms with Gasteiger partial charge in [0.25, 0.3) is 5.56 Å². The Morgan fingerprint density at radius 3 is 2.48 bits per heavy atom. The van der Waals surface area contributed by atoms with Gasteiger partial charge >= 0.3 is 0 Å². The molecular weight excluding hydrogens is 314 g/mol. The fourth-order valence-corrected chi connectivity index (χ4v) is 4.92. The maximum Gasteiger partial charge on any atom is 0.280 e. The van der Waals surface area contributed by atoms with Crippen LogP contribution in [-0.4, -0.2) is 38.9 Å². The number of carbonyl (C=O) groups is 1. The van der Waals surface area contributed by atoms with E-state index in [0.29, 0.717) is 12.1 Å². The molecule has 1 aromatic heterocycles. The van der Waals surface area contributed by atoms with Crippen LogP contribution in [0.4, 0.5) is 0 Å². The van der Waals surface area contributed by atoms with E-state index in [1.165, 1.54) is 26.2 Å². The SMILES string of the molecule is CCN1C2CCCC1CC(n1c(=O)c(C(C)=O)nc3ccccc31)C2. The fraction of sp³-hybridized carbons (Fsp3) is 0.550. The van der Waals surface area contributed by atoms with Gasteiger partial charge in [0, 0.05) is 25.0 Å². The predicted molar refractivity (Wildman–Crippen MR) is 98.1 cm³/mol. The lowest BCUT2D eigenvalue weighted by molar-refractivity contribution is 0.0216. The van der Waals surface area contributed by atoms with Crippen molar-refractivity contribution in [2.24, 2.45) is 0 Å². The Balaban J connectivity index is 1.85. The molecule has 0 saturated carbocycles. The number of hydrogen-bond acceptors (Lipinski definition) is 4. The molecule has 5 nitrogen and oxygen atoms in total. The zero-order chi connectivity index (χ0) is 17.6. The summed E-state index contributed by atoms with van der Waals surface area (Å²) >= 11 is 0. The average Bonchev–Trinajstić information content (AvgIpc) is 2.59. The Labute approximate surface area is 147 Å². The minimum Gasteiger partial charge on any atom is -0.302 e. The van der Waals surface area contributed by atoms with E-state index >= 15 is 0 Å². The van der Waals surface area contributed by atoms with Gasteiger partial charge in [-0.3, -0.25) is 14.5 Å². The van der Waals surface area contributed by atoms with E-state index in [-0.39, 0.29) is 23.1 Å². The van der Waals surface area contributed by atoms with E-state index in [1.54, 1.807) is 0 Å². The molecule has 4 rings (SSSR count). The highest BCUT2D eigenvalue weighted by Crippen LogP contribution is 2.39. The molecule has 2 bridgehead atoms. The zero-order valence-electron chi connectivity index (χ0n) is 14.9. The normalized spacial score (nSPS) is 26.7. The van der Waals surface area contributed by atoms with Gasteiger partial charge in [-0.1, -0.05) is 25.5 Å². The Bertz CT molecular complexity index is 859. The van der Waals surface area contributed by atoms with Crippen LogP contribution in [0.2, 0.25) is 0 Å². The second-order valence-corrected chi connectivity index (χ2v) is 7.37. The van der Waals surface area contributed by atoms with Crippen molar-refractivity contribution in [2.45, 2.75) is 64.1 Å². The van der Waals surface area contributed by atoms with E-state index in [9.17, 15) is 9.59 Å². The first-order valence-electron chi connectivity index (χ1n) is 9.38. The number of fused-ring (bicyclic) bond motifs is 3. The van der Waals surface area contributed by atoms with Crippen LogP contribution in [0.5, 0.6) is 0 Å². The number of nitrogens with zero attached hydrogens (tertiary/aromatic N) is 3. The lowest BCUT2D eigenvalue weighted by Crippen LogP contribution is -2.53. The molecule has 5 heteroatoms. The van der Waals surface area contributed by atoms with Gasteiger partial charge in [-0.2, -0.15) is 0 Å². The second-order valence-electron chi connectivity index (χ2n) is 7.37. The summed E-state index contributed by atoms with van der Waals surface area (Å²) in [7, 11) is 0. The van der Waals surface area contributed by atoms with Crippen LogP contribution in [0.25, 0.3) is 11.0 Å². The molecule has 2 unspecified atom stereocenters. The van der Waals surface area contributed by atoms with Crippen molar-refractivity contribution in [3.63, 3.8) is 0 Å². The maximum atomic E-state index is 13.1. The summed E-state index contributed by atoms with van der Waals surface area (Å²) in [6, 6.07) is 8.92. The summed E-state index contributed by atoms with van der Waals surface area (Å²) < 4.78 is 1.87. The maximum absolute atomic E-state index is 13.1. The van der Waals surface area contributed by atoms with Gasteiger partial charge in [-0.05, 0) is 44.4 Å². The van der Waals surface area contributed by atoms with Crippen molar-refractivity contribution in [3.8, 4) is 0 Å². The van der Waals surface area contributed by atoms with Crippen molar-refractivity contribution in [3.05, 3.63) is 40.3 Å². The molecule has 132 valence electrons. The highest BCUT2D eigenvalue weighted by atomic mass is 16.1. The Morgan fingerprint density at radius 1 is 1.16 bits per heavy atom. The molecule has 2 saturated heterocycles. The van der Waals surface area contributed by atoms with E-state index in [4.69, 9.17) is 0 Å². The molecule has 0 N–H and O–H groups in total. The van der Waals surface area contributed by atoms with Crippen molar-refractivity contribution in [2.75, 3.05) is 6.54 Å². The molecule has 2 fully saturated rings. The van der Waals surface area contributed by atoms with E-state index in [1.807, 2.05) is 28.8 Å². The van der Waals surface area contributed by atoms with E-state index in [0.717, 1.165) is 30.4 Å². The molecule has 2 aromatic rings. The third-order valence-corrected chi connectivity index (χ3v) is 5.96. The van der Waals surface area contributed by atoms with Gasteiger partial charge in [-0.15, -0.1) is 0 Å². The first-order valence-corrected chi connectivity index (χ1v) is 9.38. The monoisotopic (exact) mass is 339 g/mol. The van der Waals surface area contributed by atoms with Crippen molar-refractivity contribution in [1.29, 1.82) is 0 Å². The average molecular weight is 339 g/mol. The molecule has 25 heavy (non-hydrogen) atoms. The first kappa shape index (κ1) is 16.5. The Morgan fingerprint density at radius 2 is 1.84 bits per heavy atom. The topological polar surface area (TPSA) is 55.2 Å². The van der Waals surface area contributed by atoms with E-state index < -0.39 is 0 Å². The summed E-state index contributed by atoms with van der Waals surface area (Å²) in [5.41, 5.74) is 1.43. The third-order valence-electron chi connectivity index (χ3n) is 5.96. The quantitative estimate of drug-likeness (QED) is 0.806. The number of benzene rings is 1. The van der Waals surface area contributed by atoms with Crippen LogP contribution >= 0.6 is 0 Å². The minimum absolute atomic E-state index is 0.0711. The summed E-state index contributed by atoms with van der Waals surface area (Å²) in [6.45, 7) is 4.73. The zero-order valence-corrected chi connectivity index (χ0v) is 14.9. The molecule has 0 amide bonds. The van der Waals surface area contributed by atoms with Crippen molar-refractivity contribution in [1.82, 2.24) is 14.5 Å². The minimum atomic E-state index is -0.254. The van der Waals surface area contributed by atoms with Crippen molar-refractivity contribution >= 4 is 16.8 Å². The van der Waals surface area contributed by atoms with Gasteiger partial charge in [0.2, 0.25) is 0 Å². The number of Topliss-reactive ketones (excluding diaryl/α,β-unsaturated/α-hetero) is 1. The summed E-state index contributed by atoms with van der Waals surface area (Å²) in [5, 5.41) is 0. The highest BCUT2D eigenvalue weighted by molar-refractivity contribution is 5.93. The van der Waals surface area contributed by atoms with Crippen molar-refractivity contribution < 1.29 is 4.79 Å². The molecule has 2 atom stereocenters. The number of piperidine rings is 2. The van der Waals surface area contributed by atoms with Crippen LogP contribution in [0.15, 0.2) is 29.1 Å². The lowest BCUT2D eigenvalue weighted by Gasteiger charge is -2.49. The number of ketones is 1. The molecule has 0 radical (unpaired) electrons. The number of carbonyl (C=O) groups excluding carboxylic acids is 1. The molecule has 2 aliphatic heterocycles. The molecule has 3 heterocycles. The molecule has 1 aromatic carbocycles. The summed E-state index contributed by atoms with van der Waals surface area (Å²) in [4.78, 5) is 32.0. The highest BCUT2D eigenvalue weighted by Gasteiger charge is 2.38. The fourth-order valence-electron chi connectivity index (χ4n) is 4.92. The molecule has 0 aliphatic carbocycles. The van der Waals surface area contributed by atoms with Crippen LogP contribution in [0, 0.1) is 0 Å². The van der Waals surface area contributed by atoms with Gasteiger partial charge in [-0.25, -0.2) is 4.98 Å². The number of rotatable bonds is 3. The number of para-hydroxylation sites is 2. The smallest absolute Gasteiger partial charge is 0.280 e. The largest absolute Gasteiger partial charge is 0.302 e. The van der Waals surface area contributed by atoms with Gasteiger partial charge < -0.3 is 4.57 Å². The van der Waals surface area contributed by atoms with Gasteiger partial charge in [0.1, 0.15) is 0 Å². The van der Waals surface area contributed by atoms with E-state index in [2.05, 4.69) is 16.8 Å². The Kier molecular flexibility index (Phi) is 4.20.